The lowest BCUT2D eigenvalue weighted by Crippen LogP contribution is -2.52. The maximum atomic E-state index is 14.7. The van der Waals surface area contributed by atoms with Gasteiger partial charge >= 0.3 is 18.0 Å². The zero-order valence-electron chi connectivity index (χ0n) is 18.6. The van der Waals surface area contributed by atoms with Crippen molar-refractivity contribution in [3.8, 4) is 0 Å². The van der Waals surface area contributed by atoms with Gasteiger partial charge in [-0.25, -0.2) is 17.2 Å². The number of carbonyl (C=O) groups excluding carboxylic acids is 1. The highest BCUT2D eigenvalue weighted by molar-refractivity contribution is 7.92. The van der Waals surface area contributed by atoms with Crippen molar-refractivity contribution in [1.29, 1.82) is 0 Å². The number of rotatable bonds is 3. The van der Waals surface area contributed by atoms with Crippen LogP contribution in [0.1, 0.15) is 36.5 Å². The molecule has 0 spiro atoms. The standard InChI is InChI=1S/C23H19F8NO3S/c1-13(33)32-10-9-20(36(34,35)17-4-2-3-16(24)12-17)18-7-6-15(11-14(18)5-8-19(20)32)21(25,22(26,27)28)23(29,30)31/h2-4,6-7,11-12,19H,5,8-10H2,1H3. The summed E-state index contributed by atoms with van der Waals surface area (Å²) >= 11 is 0. The number of nitrogens with zero attached hydrogens (tertiary/aromatic N) is 1. The number of sulfone groups is 1. The van der Waals surface area contributed by atoms with Crippen LogP contribution >= 0.6 is 0 Å². The van der Waals surface area contributed by atoms with Gasteiger partial charge in [0.2, 0.25) is 5.91 Å². The van der Waals surface area contributed by atoms with E-state index in [4.69, 9.17) is 0 Å². The molecule has 2 aromatic rings. The highest BCUT2D eigenvalue weighted by atomic mass is 32.2. The molecule has 0 N–H and O–H groups in total. The smallest absolute Gasteiger partial charge is 0.338 e. The number of likely N-dealkylation sites (tertiary alicyclic amines) is 1. The fourth-order valence-corrected chi connectivity index (χ4v) is 7.85. The topological polar surface area (TPSA) is 54.5 Å². The second-order valence-corrected chi connectivity index (χ2v) is 11.1. The third-order valence-corrected chi connectivity index (χ3v) is 9.59. The molecule has 1 fully saturated rings. The maximum Gasteiger partial charge on any atom is 0.435 e. The Morgan fingerprint density at radius 3 is 2.19 bits per heavy atom. The molecular formula is C23H19F8NO3S. The molecule has 1 aliphatic carbocycles. The lowest BCUT2D eigenvalue weighted by molar-refractivity contribution is -0.348. The van der Waals surface area contributed by atoms with E-state index in [1.165, 1.54) is 11.8 Å². The van der Waals surface area contributed by atoms with Crippen LogP contribution in [0.4, 0.5) is 35.1 Å². The predicted molar refractivity (Wildman–Crippen MR) is 111 cm³/mol. The third-order valence-electron chi connectivity index (χ3n) is 7.06. The van der Waals surface area contributed by atoms with Crippen LogP contribution in [0.3, 0.4) is 0 Å². The molecule has 0 bridgehead atoms. The van der Waals surface area contributed by atoms with Gasteiger partial charge in [0.25, 0.3) is 0 Å². The number of amides is 1. The third kappa shape index (κ3) is 3.52. The summed E-state index contributed by atoms with van der Waals surface area (Å²) < 4.78 is 135. The molecule has 36 heavy (non-hydrogen) atoms. The van der Waals surface area contributed by atoms with Gasteiger partial charge in [-0.2, -0.15) is 26.3 Å². The molecule has 0 saturated carbocycles. The molecule has 1 amide bonds. The molecule has 1 heterocycles. The molecule has 2 unspecified atom stereocenters. The normalized spacial score (nSPS) is 22.8. The number of carbonyl (C=O) groups is 1. The number of benzene rings is 2. The summed E-state index contributed by atoms with van der Waals surface area (Å²) in [4.78, 5) is 13.1. The molecule has 0 aromatic heterocycles. The monoisotopic (exact) mass is 541 g/mol. The Balaban J connectivity index is 1.98. The Morgan fingerprint density at radius 2 is 1.64 bits per heavy atom. The zero-order chi connectivity index (χ0) is 26.9. The van der Waals surface area contributed by atoms with Gasteiger partial charge in [0.05, 0.1) is 10.9 Å². The molecule has 1 aliphatic heterocycles. The second kappa shape index (κ2) is 8.15. The van der Waals surface area contributed by atoms with E-state index in [0.717, 1.165) is 30.3 Å². The highest BCUT2D eigenvalue weighted by Crippen LogP contribution is 2.56. The Kier molecular flexibility index (Phi) is 5.97. The van der Waals surface area contributed by atoms with Gasteiger partial charge < -0.3 is 4.90 Å². The molecule has 196 valence electrons. The van der Waals surface area contributed by atoms with Crippen LogP contribution in [0.15, 0.2) is 47.4 Å². The summed E-state index contributed by atoms with van der Waals surface area (Å²) in [6.07, 6.45) is -13.2. The average molecular weight is 541 g/mol. The number of hydrogen-bond donors (Lipinski definition) is 0. The first kappa shape index (κ1) is 26.4. The molecule has 1 saturated heterocycles. The molecule has 4 rings (SSSR count). The fraction of sp³-hybridized carbons (Fsp3) is 0.435. The van der Waals surface area contributed by atoms with Crippen molar-refractivity contribution in [2.24, 2.45) is 0 Å². The van der Waals surface area contributed by atoms with E-state index >= 15 is 0 Å². The largest absolute Gasteiger partial charge is 0.435 e. The van der Waals surface area contributed by atoms with Crippen molar-refractivity contribution in [3.05, 3.63) is 65.0 Å². The Hall–Kier alpha value is -2.70. The minimum atomic E-state index is -6.33. The fourth-order valence-electron chi connectivity index (χ4n) is 5.45. The lowest BCUT2D eigenvalue weighted by atomic mass is 9.77. The van der Waals surface area contributed by atoms with E-state index in [-0.39, 0.29) is 43.0 Å². The minimum absolute atomic E-state index is 0.0616. The van der Waals surface area contributed by atoms with Crippen molar-refractivity contribution in [2.45, 2.75) is 59.9 Å². The molecular weight excluding hydrogens is 522 g/mol. The van der Waals surface area contributed by atoms with Crippen LogP contribution < -0.4 is 0 Å². The summed E-state index contributed by atoms with van der Waals surface area (Å²) in [7, 11) is -4.54. The number of alkyl halides is 7. The molecule has 2 atom stereocenters. The van der Waals surface area contributed by atoms with Gasteiger partial charge in [-0.15, -0.1) is 0 Å². The van der Waals surface area contributed by atoms with Crippen LogP contribution in [0.5, 0.6) is 0 Å². The van der Waals surface area contributed by atoms with Crippen molar-refractivity contribution >= 4 is 15.7 Å². The van der Waals surface area contributed by atoms with E-state index in [2.05, 4.69) is 0 Å². The van der Waals surface area contributed by atoms with E-state index in [0.29, 0.717) is 6.07 Å². The number of hydrogen-bond acceptors (Lipinski definition) is 3. The Morgan fingerprint density at radius 1 is 1.00 bits per heavy atom. The summed E-state index contributed by atoms with van der Waals surface area (Å²) in [6.45, 7) is 1.14. The van der Waals surface area contributed by atoms with Crippen LogP contribution in [0.2, 0.25) is 0 Å². The minimum Gasteiger partial charge on any atom is -0.338 e. The van der Waals surface area contributed by atoms with Crippen molar-refractivity contribution in [3.63, 3.8) is 0 Å². The summed E-state index contributed by atoms with van der Waals surface area (Å²) in [6, 6.07) is 4.42. The summed E-state index contributed by atoms with van der Waals surface area (Å²) in [5.74, 6) is -1.36. The van der Waals surface area contributed by atoms with Crippen LogP contribution in [0.25, 0.3) is 0 Å². The van der Waals surface area contributed by atoms with Gasteiger partial charge in [0.15, 0.2) is 9.84 Å². The van der Waals surface area contributed by atoms with Gasteiger partial charge in [-0.1, -0.05) is 24.3 Å². The van der Waals surface area contributed by atoms with Crippen LogP contribution in [-0.2, 0) is 31.5 Å². The first-order valence-electron chi connectivity index (χ1n) is 10.7. The second-order valence-electron chi connectivity index (χ2n) is 8.89. The summed E-state index contributed by atoms with van der Waals surface area (Å²) in [5.41, 5.74) is -7.76. The quantitative estimate of drug-likeness (QED) is 0.493. The van der Waals surface area contributed by atoms with Crippen LogP contribution in [0, 0.1) is 5.82 Å². The number of halogens is 8. The molecule has 4 nitrogen and oxygen atoms in total. The van der Waals surface area contributed by atoms with E-state index in [1.54, 1.807) is 0 Å². The van der Waals surface area contributed by atoms with Gasteiger partial charge in [-0.05, 0) is 48.6 Å². The maximum absolute atomic E-state index is 14.7. The van der Waals surface area contributed by atoms with Crippen molar-refractivity contribution < 1.29 is 48.3 Å². The Bertz CT molecular complexity index is 1310. The summed E-state index contributed by atoms with van der Waals surface area (Å²) in [5, 5.41) is 0. The van der Waals surface area contributed by atoms with Crippen molar-refractivity contribution in [2.75, 3.05) is 6.54 Å². The van der Waals surface area contributed by atoms with Crippen LogP contribution in [-0.4, -0.2) is 44.2 Å². The lowest BCUT2D eigenvalue weighted by Gasteiger charge is -2.43. The van der Waals surface area contributed by atoms with E-state index in [9.17, 15) is 48.3 Å². The first-order chi connectivity index (χ1) is 16.5. The number of fused-ring (bicyclic) bond motifs is 3. The predicted octanol–water partition coefficient (Wildman–Crippen LogP) is 5.35. The number of aryl methyl sites for hydroxylation is 1. The molecule has 13 heteroatoms. The van der Waals surface area contributed by atoms with E-state index < -0.39 is 60.8 Å². The van der Waals surface area contributed by atoms with Gasteiger partial charge in [-0.3, -0.25) is 4.79 Å². The zero-order valence-corrected chi connectivity index (χ0v) is 19.4. The van der Waals surface area contributed by atoms with Gasteiger partial charge in [0.1, 0.15) is 10.6 Å². The SMILES string of the molecule is CC(=O)N1CCC2(S(=O)(=O)c3cccc(F)c3)c3ccc(C(F)(C(F)(F)F)C(F)(F)F)cc3CCC12. The molecule has 2 aromatic carbocycles. The molecule has 0 radical (unpaired) electrons. The van der Waals surface area contributed by atoms with Crippen molar-refractivity contribution in [1.82, 2.24) is 4.90 Å². The molecule has 2 aliphatic rings. The van der Waals surface area contributed by atoms with Gasteiger partial charge in [0, 0.05) is 19.0 Å². The first-order valence-corrected chi connectivity index (χ1v) is 12.2. The Labute approximate surface area is 200 Å². The highest BCUT2D eigenvalue weighted by Gasteiger charge is 2.73. The average Bonchev–Trinajstić information content (AvgIpc) is 3.18. The van der Waals surface area contributed by atoms with E-state index in [1.807, 2.05) is 0 Å².